The minimum absolute atomic E-state index is 0.0408. The molecule has 1 amide bonds. The zero-order valence-corrected chi connectivity index (χ0v) is 13.6. The minimum atomic E-state index is -1.33. The Kier molecular flexibility index (Phi) is 4.17. The van der Waals surface area contributed by atoms with Crippen LogP contribution in [-0.4, -0.2) is 40.5 Å². The molecule has 1 aliphatic heterocycles. The lowest BCUT2D eigenvalue weighted by atomic mass is 10.0. The van der Waals surface area contributed by atoms with Crippen LogP contribution in [0.15, 0.2) is 22.7 Å². The molecule has 1 atom stereocenters. The van der Waals surface area contributed by atoms with E-state index in [1.165, 1.54) is 4.90 Å². The number of carboxylic acids is 1. The Labute approximate surface area is 132 Å². The Hall–Kier alpha value is -0.670. The summed E-state index contributed by atoms with van der Waals surface area (Å²) < 4.78 is 1.64. The molecule has 0 spiro atoms. The lowest BCUT2D eigenvalue weighted by Gasteiger charge is -2.20. The predicted octanol–water partition coefficient (Wildman–Crippen LogP) is 1.68. The number of benzene rings is 1. The molecular weight excluding hydrogens is 427 g/mol. The number of carbonyl (C=O) groups excluding carboxylic acids is 1. The molecule has 19 heavy (non-hydrogen) atoms. The molecule has 5 nitrogen and oxygen atoms in total. The number of nitrogens with zero attached hydrogens (tertiary/aromatic N) is 1. The van der Waals surface area contributed by atoms with Crippen molar-refractivity contribution in [2.24, 2.45) is 5.73 Å². The van der Waals surface area contributed by atoms with Crippen molar-refractivity contribution in [2.45, 2.75) is 12.0 Å². The third kappa shape index (κ3) is 2.92. The molecule has 0 aliphatic carbocycles. The first-order valence-electron chi connectivity index (χ1n) is 5.60. The molecule has 0 saturated carbocycles. The molecule has 1 unspecified atom stereocenters. The number of halogens is 2. The van der Waals surface area contributed by atoms with E-state index in [4.69, 9.17) is 10.8 Å². The maximum absolute atomic E-state index is 12.4. The molecule has 0 radical (unpaired) electrons. The maximum atomic E-state index is 12.4. The second-order valence-electron chi connectivity index (χ2n) is 4.56. The van der Waals surface area contributed by atoms with Crippen LogP contribution in [0.25, 0.3) is 0 Å². The van der Waals surface area contributed by atoms with Crippen molar-refractivity contribution in [3.05, 3.63) is 31.8 Å². The number of nitrogens with two attached hydrogens (primary N) is 1. The number of amides is 1. The highest BCUT2D eigenvalue weighted by Gasteiger charge is 2.43. The molecule has 1 aliphatic rings. The monoisotopic (exact) mass is 438 g/mol. The van der Waals surface area contributed by atoms with Gasteiger partial charge in [-0.1, -0.05) is 0 Å². The van der Waals surface area contributed by atoms with Gasteiger partial charge in [-0.25, -0.2) is 0 Å². The number of hydrogen-bond acceptors (Lipinski definition) is 3. The fourth-order valence-electron chi connectivity index (χ4n) is 2.01. The highest BCUT2D eigenvalue weighted by atomic mass is 127. The zero-order valence-electron chi connectivity index (χ0n) is 9.90. The Morgan fingerprint density at radius 3 is 2.74 bits per heavy atom. The molecule has 2 rings (SSSR count). The van der Waals surface area contributed by atoms with Gasteiger partial charge in [0.25, 0.3) is 5.91 Å². The average molecular weight is 439 g/mol. The Morgan fingerprint density at radius 2 is 2.16 bits per heavy atom. The summed E-state index contributed by atoms with van der Waals surface area (Å²) in [6, 6.07) is 5.46. The first-order valence-corrected chi connectivity index (χ1v) is 7.47. The summed E-state index contributed by atoms with van der Waals surface area (Å²) in [5, 5.41) is 9.07. The number of likely N-dealkylation sites (tertiary alicyclic amines) is 1. The van der Waals surface area contributed by atoms with Crippen molar-refractivity contribution in [2.75, 3.05) is 13.1 Å². The van der Waals surface area contributed by atoms with Crippen LogP contribution in [0, 0.1) is 3.57 Å². The van der Waals surface area contributed by atoms with E-state index in [1.807, 2.05) is 6.07 Å². The Morgan fingerprint density at radius 1 is 1.47 bits per heavy atom. The molecule has 3 N–H and O–H groups in total. The summed E-state index contributed by atoms with van der Waals surface area (Å²) in [6.07, 6.45) is 0.273. The summed E-state index contributed by atoms with van der Waals surface area (Å²) >= 11 is 5.46. The molecule has 1 heterocycles. The first kappa shape index (κ1) is 14.7. The largest absolute Gasteiger partial charge is 0.480 e. The highest BCUT2D eigenvalue weighted by Crippen LogP contribution is 2.25. The third-order valence-electron chi connectivity index (χ3n) is 3.17. The van der Waals surface area contributed by atoms with Crippen LogP contribution in [0.5, 0.6) is 0 Å². The van der Waals surface area contributed by atoms with Crippen LogP contribution < -0.4 is 5.73 Å². The van der Waals surface area contributed by atoms with Crippen molar-refractivity contribution in [3.8, 4) is 0 Å². The molecule has 1 aromatic carbocycles. The predicted molar refractivity (Wildman–Crippen MR) is 81.9 cm³/mol. The van der Waals surface area contributed by atoms with Gasteiger partial charge in [0, 0.05) is 21.1 Å². The summed E-state index contributed by atoms with van der Waals surface area (Å²) in [5.41, 5.74) is 4.97. The fourth-order valence-corrected chi connectivity index (χ4v) is 2.92. The highest BCUT2D eigenvalue weighted by molar-refractivity contribution is 14.1. The van der Waals surface area contributed by atoms with Crippen molar-refractivity contribution < 1.29 is 14.7 Å². The Balaban J connectivity index is 2.22. The van der Waals surface area contributed by atoms with Gasteiger partial charge >= 0.3 is 5.97 Å². The van der Waals surface area contributed by atoms with E-state index in [1.54, 1.807) is 12.1 Å². The van der Waals surface area contributed by atoms with Crippen LogP contribution in [-0.2, 0) is 4.79 Å². The van der Waals surface area contributed by atoms with Gasteiger partial charge in [0.2, 0.25) is 0 Å². The number of hydrogen-bond donors (Lipinski definition) is 2. The van der Waals surface area contributed by atoms with Gasteiger partial charge in [0.15, 0.2) is 0 Å². The quantitative estimate of drug-likeness (QED) is 0.688. The topological polar surface area (TPSA) is 83.6 Å². The first-order chi connectivity index (χ1) is 8.83. The fraction of sp³-hybridized carbons (Fsp3) is 0.333. The SMILES string of the molecule is NC1(C(=O)O)CCN(C(=O)c2cc(I)ccc2Br)C1. The molecule has 7 heteroatoms. The molecule has 1 saturated heterocycles. The molecule has 1 aromatic rings. The normalized spacial score (nSPS) is 22.6. The average Bonchev–Trinajstić information content (AvgIpc) is 2.76. The van der Waals surface area contributed by atoms with Gasteiger partial charge in [0.05, 0.1) is 5.56 Å². The van der Waals surface area contributed by atoms with E-state index in [0.717, 1.165) is 3.57 Å². The van der Waals surface area contributed by atoms with Crippen molar-refractivity contribution in [1.29, 1.82) is 0 Å². The van der Waals surface area contributed by atoms with Crippen LogP contribution in [0.3, 0.4) is 0 Å². The molecular formula is C12H12BrIN2O3. The molecule has 102 valence electrons. The maximum Gasteiger partial charge on any atom is 0.325 e. The molecule has 1 fully saturated rings. The van der Waals surface area contributed by atoms with Crippen LogP contribution in [0.4, 0.5) is 0 Å². The van der Waals surface area contributed by atoms with E-state index >= 15 is 0 Å². The van der Waals surface area contributed by atoms with Crippen LogP contribution in [0.1, 0.15) is 16.8 Å². The smallest absolute Gasteiger partial charge is 0.325 e. The zero-order chi connectivity index (χ0) is 14.2. The van der Waals surface area contributed by atoms with E-state index < -0.39 is 11.5 Å². The van der Waals surface area contributed by atoms with Gasteiger partial charge in [-0.2, -0.15) is 0 Å². The summed E-state index contributed by atoms with van der Waals surface area (Å²) in [4.78, 5) is 24.9. The lowest BCUT2D eigenvalue weighted by Crippen LogP contribution is -2.50. The van der Waals surface area contributed by atoms with Crippen molar-refractivity contribution >= 4 is 50.4 Å². The van der Waals surface area contributed by atoms with Gasteiger partial charge in [-0.05, 0) is 63.1 Å². The Bertz CT molecular complexity index is 552. The summed E-state index contributed by atoms with van der Waals surface area (Å²) in [7, 11) is 0. The van der Waals surface area contributed by atoms with E-state index in [0.29, 0.717) is 16.6 Å². The van der Waals surface area contributed by atoms with E-state index in [2.05, 4.69) is 38.5 Å². The minimum Gasteiger partial charge on any atom is -0.480 e. The second kappa shape index (κ2) is 5.37. The van der Waals surface area contributed by atoms with Crippen molar-refractivity contribution in [1.82, 2.24) is 4.90 Å². The lowest BCUT2D eigenvalue weighted by molar-refractivity contribution is -0.142. The summed E-state index contributed by atoms with van der Waals surface area (Å²) in [5.74, 6) is -1.26. The molecule has 0 bridgehead atoms. The number of rotatable bonds is 2. The number of carboxylic acid groups (broad SMARTS) is 1. The summed E-state index contributed by atoms with van der Waals surface area (Å²) in [6.45, 7) is 0.401. The number of carbonyl (C=O) groups is 2. The van der Waals surface area contributed by atoms with Gasteiger partial charge < -0.3 is 15.7 Å². The van der Waals surface area contributed by atoms with Crippen LogP contribution >= 0.6 is 38.5 Å². The van der Waals surface area contributed by atoms with Crippen molar-refractivity contribution in [3.63, 3.8) is 0 Å². The molecule has 0 aromatic heterocycles. The van der Waals surface area contributed by atoms with Gasteiger partial charge in [0.1, 0.15) is 5.54 Å². The second-order valence-corrected chi connectivity index (χ2v) is 6.66. The van der Waals surface area contributed by atoms with Gasteiger partial charge in [-0.3, -0.25) is 9.59 Å². The van der Waals surface area contributed by atoms with E-state index in [-0.39, 0.29) is 18.9 Å². The van der Waals surface area contributed by atoms with Crippen LogP contribution in [0.2, 0.25) is 0 Å². The third-order valence-corrected chi connectivity index (χ3v) is 4.54. The van der Waals surface area contributed by atoms with E-state index in [9.17, 15) is 9.59 Å². The van der Waals surface area contributed by atoms with Gasteiger partial charge in [-0.15, -0.1) is 0 Å². The number of aliphatic carboxylic acids is 1. The standard InChI is InChI=1S/C12H12BrIN2O3/c13-9-2-1-7(14)5-8(9)10(17)16-4-3-12(15,6-16)11(18)19/h1-2,5H,3-4,6,15H2,(H,18,19).